The molecule has 0 radical (unpaired) electrons. The van der Waals surface area contributed by atoms with Crippen LogP contribution in [0.1, 0.15) is 31.7 Å². The van der Waals surface area contributed by atoms with Crippen molar-refractivity contribution in [2.24, 2.45) is 5.73 Å². The van der Waals surface area contributed by atoms with Crippen LogP contribution in [0.25, 0.3) is 0 Å². The van der Waals surface area contributed by atoms with Crippen molar-refractivity contribution in [2.75, 3.05) is 20.2 Å². The van der Waals surface area contributed by atoms with E-state index in [2.05, 4.69) is 29.9 Å². The maximum Gasteiger partial charge on any atom is 0.0590 e. The van der Waals surface area contributed by atoms with Crippen LogP contribution in [0.15, 0.2) is 24.5 Å². The van der Waals surface area contributed by atoms with Crippen LogP contribution in [-0.4, -0.2) is 41.7 Å². The van der Waals surface area contributed by atoms with Crippen LogP contribution in [-0.2, 0) is 11.3 Å². The van der Waals surface area contributed by atoms with Gasteiger partial charge in [0.1, 0.15) is 0 Å². The van der Waals surface area contributed by atoms with E-state index in [0.717, 1.165) is 32.4 Å². The number of ether oxygens (including phenoxy) is 1. The van der Waals surface area contributed by atoms with Crippen molar-refractivity contribution in [2.45, 2.75) is 44.4 Å². The number of pyridine rings is 1. The van der Waals surface area contributed by atoms with Crippen molar-refractivity contribution in [1.82, 2.24) is 9.88 Å². The minimum absolute atomic E-state index is 0.0643. The molecule has 0 aliphatic carbocycles. The maximum absolute atomic E-state index is 6.10. The van der Waals surface area contributed by atoms with Crippen molar-refractivity contribution in [3.05, 3.63) is 30.1 Å². The van der Waals surface area contributed by atoms with E-state index in [1.165, 1.54) is 5.56 Å². The fourth-order valence-corrected chi connectivity index (χ4v) is 2.88. The molecule has 0 aromatic carbocycles. The van der Waals surface area contributed by atoms with E-state index in [1.54, 1.807) is 0 Å². The highest BCUT2D eigenvalue weighted by atomic mass is 16.5. The van der Waals surface area contributed by atoms with E-state index in [-0.39, 0.29) is 5.54 Å². The molecule has 2 heterocycles. The van der Waals surface area contributed by atoms with Gasteiger partial charge in [0, 0.05) is 37.6 Å². The smallest absolute Gasteiger partial charge is 0.0590 e. The SMILES string of the molecule is CCC1CC(CN)(N(C)Cc2cccnc2)CCO1. The Balaban J connectivity index is 2.07. The maximum atomic E-state index is 6.10. The summed E-state index contributed by atoms with van der Waals surface area (Å²) in [6, 6.07) is 4.10. The van der Waals surface area contributed by atoms with Crippen LogP contribution in [0, 0.1) is 0 Å². The van der Waals surface area contributed by atoms with E-state index in [4.69, 9.17) is 10.5 Å². The summed E-state index contributed by atoms with van der Waals surface area (Å²) >= 11 is 0. The number of hydrogen-bond donors (Lipinski definition) is 1. The van der Waals surface area contributed by atoms with Crippen LogP contribution >= 0.6 is 0 Å². The Bertz CT molecular complexity index is 384. The Kier molecular flexibility index (Phi) is 4.91. The molecular weight excluding hydrogens is 238 g/mol. The van der Waals surface area contributed by atoms with Gasteiger partial charge in [0.15, 0.2) is 0 Å². The first-order chi connectivity index (χ1) is 9.20. The van der Waals surface area contributed by atoms with E-state index >= 15 is 0 Å². The molecule has 2 atom stereocenters. The van der Waals surface area contributed by atoms with Crippen LogP contribution in [0.3, 0.4) is 0 Å². The first-order valence-corrected chi connectivity index (χ1v) is 7.12. The Hall–Kier alpha value is -0.970. The summed E-state index contributed by atoms with van der Waals surface area (Å²) in [5, 5.41) is 0. The van der Waals surface area contributed by atoms with Gasteiger partial charge in [-0.25, -0.2) is 0 Å². The summed E-state index contributed by atoms with van der Waals surface area (Å²) < 4.78 is 5.79. The monoisotopic (exact) mass is 263 g/mol. The highest BCUT2D eigenvalue weighted by Crippen LogP contribution is 2.31. The molecule has 1 aromatic rings. The molecule has 1 fully saturated rings. The van der Waals surface area contributed by atoms with Gasteiger partial charge in [0.25, 0.3) is 0 Å². The molecule has 1 aliphatic heterocycles. The molecule has 1 aromatic heterocycles. The van der Waals surface area contributed by atoms with E-state index < -0.39 is 0 Å². The molecular formula is C15H25N3O. The number of hydrogen-bond acceptors (Lipinski definition) is 4. The molecule has 4 nitrogen and oxygen atoms in total. The van der Waals surface area contributed by atoms with E-state index in [9.17, 15) is 0 Å². The van der Waals surface area contributed by atoms with Gasteiger partial charge in [-0.05, 0) is 37.9 Å². The lowest BCUT2D eigenvalue weighted by Crippen LogP contribution is -2.56. The summed E-state index contributed by atoms with van der Waals surface area (Å²) in [5.74, 6) is 0. The Morgan fingerprint density at radius 2 is 2.42 bits per heavy atom. The largest absolute Gasteiger partial charge is 0.378 e. The number of likely N-dealkylation sites (N-methyl/N-ethyl adjacent to an activating group) is 1. The number of nitrogens with two attached hydrogens (primary N) is 1. The van der Waals surface area contributed by atoms with Crippen LogP contribution in [0.4, 0.5) is 0 Å². The summed E-state index contributed by atoms with van der Waals surface area (Å²) in [7, 11) is 2.16. The molecule has 106 valence electrons. The van der Waals surface area contributed by atoms with Gasteiger partial charge >= 0.3 is 0 Å². The van der Waals surface area contributed by atoms with Crippen LogP contribution < -0.4 is 5.73 Å². The van der Waals surface area contributed by atoms with Gasteiger partial charge in [-0.3, -0.25) is 9.88 Å². The topological polar surface area (TPSA) is 51.4 Å². The quantitative estimate of drug-likeness (QED) is 0.880. The van der Waals surface area contributed by atoms with E-state index in [1.807, 2.05) is 18.5 Å². The first-order valence-electron chi connectivity index (χ1n) is 7.12. The third kappa shape index (κ3) is 3.32. The number of nitrogens with zero attached hydrogens (tertiary/aromatic N) is 2. The first kappa shape index (κ1) is 14.4. The van der Waals surface area contributed by atoms with Crippen molar-refractivity contribution < 1.29 is 4.74 Å². The molecule has 1 aliphatic rings. The lowest BCUT2D eigenvalue weighted by molar-refractivity contribution is -0.0672. The molecule has 2 N–H and O–H groups in total. The predicted molar refractivity (Wildman–Crippen MR) is 76.8 cm³/mol. The molecule has 0 saturated carbocycles. The number of aromatic nitrogens is 1. The third-order valence-corrected chi connectivity index (χ3v) is 4.32. The van der Waals surface area contributed by atoms with Crippen molar-refractivity contribution in [3.63, 3.8) is 0 Å². The highest BCUT2D eigenvalue weighted by Gasteiger charge is 2.38. The summed E-state index contributed by atoms with van der Waals surface area (Å²) in [4.78, 5) is 6.56. The van der Waals surface area contributed by atoms with E-state index in [0.29, 0.717) is 12.6 Å². The average molecular weight is 263 g/mol. The molecule has 1 saturated heterocycles. The molecule has 0 bridgehead atoms. The Labute approximate surface area is 116 Å². The van der Waals surface area contributed by atoms with Crippen molar-refractivity contribution in [3.8, 4) is 0 Å². The lowest BCUT2D eigenvalue weighted by Gasteiger charge is -2.46. The predicted octanol–water partition coefficient (Wildman–Crippen LogP) is 1.80. The molecule has 4 heteroatoms. The second kappa shape index (κ2) is 6.46. The number of rotatable bonds is 5. The second-order valence-electron chi connectivity index (χ2n) is 5.50. The molecule has 0 amide bonds. The molecule has 2 rings (SSSR count). The van der Waals surface area contributed by atoms with Gasteiger partial charge in [-0.1, -0.05) is 13.0 Å². The normalized spacial score (nSPS) is 27.7. The van der Waals surface area contributed by atoms with Crippen LogP contribution in [0.5, 0.6) is 0 Å². The second-order valence-corrected chi connectivity index (χ2v) is 5.50. The molecule has 2 unspecified atom stereocenters. The Morgan fingerprint density at radius 1 is 1.58 bits per heavy atom. The lowest BCUT2D eigenvalue weighted by atomic mass is 9.84. The van der Waals surface area contributed by atoms with Crippen molar-refractivity contribution in [1.29, 1.82) is 0 Å². The zero-order valence-corrected chi connectivity index (χ0v) is 12.0. The standard InChI is InChI=1S/C15H25N3O/c1-3-14-9-15(12-16,6-8-19-14)18(2)11-13-5-4-7-17-10-13/h4-5,7,10,14H,3,6,8-9,11-12,16H2,1-2H3. The molecule has 19 heavy (non-hydrogen) atoms. The Morgan fingerprint density at radius 3 is 3.05 bits per heavy atom. The fraction of sp³-hybridized carbons (Fsp3) is 0.667. The van der Waals surface area contributed by atoms with Crippen molar-refractivity contribution >= 4 is 0 Å². The zero-order valence-electron chi connectivity index (χ0n) is 12.0. The summed E-state index contributed by atoms with van der Waals surface area (Å²) in [6.45, 7) is 4.57. The van der Waals surface area contributed by atoms with Gasteiger partial charge in [-0.15, -0.1) is 0 Å². The summed E-state index contributed by atoms with van der Waals surface area (Å²) in [6.07, 6.45) is 7.17. The zero-order chi connectivity index (χ0) is 13.7. The molecule has 0 spiro atoms. The van der Waals surface area contributed by atoms with Gasteiger partial charge in [0.2, 0.25) is 0 Å². The highest BCUT2D eigenvalue weighted by molar-refractivity contribution is 5.09. The fourth-order valence-electron chi connectivity index (χ4n) is 2.88. The van der Waals surface area contributed by atoms with Gasteiger partial charge in [0.05, 0.1) is 6.10 Å². The average Bonchev–Trinajstić information content (AvgIpc) is 2.48. The third-order valence-electron chi connectivity index (χ3n) is 4.32. The van der Waals surface area contributed by atoms with Gasteiger partial charge < -0.3 is 10.5 Å². The minimum atomic E-state index is 0.0643. The van der Waals surface area contributed by atoms with Crippen LogP contribution in [0.2, 0.25) is 0 Å². The summed E-state index contributed by atoms with van der Waals surface area (Å²) in [5.41, 5.74) is 7.39. The minimum Gasteiger partial charge on any atom is -0.378 e. The van der Waals surface area contributed by atoms with Gasteiger partial charge in [-0.2, -0.15) is 0 Å².